The normalized spacial score (nSPS) is 11.3. The molecule has 5 heteroatoms. The SMILES string of the molecule is NC(CNc1ccc(F)cc1)=NO. The topological polar surface area (TPSA) is 70.6 Å². The molecule has 0 spiro atoms. The van der Waals surface area contributed by atoms with Gasteiger partial charge in [-0.1, -0.05) is 5.16 Å². The Kier molecular flexibility index (Phi) is 3.08. The molecular formula is C8H10FN3O. The maximum Gasteiger partial charge on any atom is 0.158 e. The Labute approximate surface area is 74.9 Å². The van der Waals surface area contributed by atoms with Gasteiger partial charge in [0, 0.05) is 5.69 Å². The second kappa shape index (κ2) is 4.30. The molecule has 0 heterocycles. The average Bonchev–Trinajstić information content (AvgIpc) is 2.16. The van der Waals surface area contributed by atoms with Crippen LogP contribution in [0.5, 0.6) is 0 Å². The Morgan fingerprint density at radius 1 is 1.46 bits per heavy atom. The molecule has 0 aliphatic carbocycles. The van der Waals surface area contributed by atoms with Crippen molar-refractivity contribution in [3.8, 4) is 0 Å². The fourth-order valence-electron chi connectivity index (χ4n) is 0.796. The predicted molar refractivity (Wildman–Crippen MR) is 48.3 cm³/mol. The molecule has 0 aromatic heterocycles. The van der Waals surface area contributed by atoms with Crippen molar-refractivity contribution in [2.45, 2.75) is 0 Å². The van der Waals surface area contributed by atoms with Crippen LogP contribution in [-0.2, 0) is 0 Å². The number of halogens is 1. The van der Waals surface area contributed by atoms with Crippen LogP contribution in [0.25, 0.3) is 0 Å². The van der Waals surface area contributed by atoms with E-state index in [-0.39, 0.29) is 18.2 Å². The van der Waals surface area contributed by atoms with Gasteiger partial charge in [-0.25, -0.2) is 4.39 Å². The monoisotopic (exact) mass is 183 g/mol. The van der Waals surface area contributed by atoms with Gasteiger partial charge in [0.1, 0.15) is 5.82 Å². The summed E-state index contributed by atoms with van der Waals surface area (Å²) in [5.41, 5.74) is 5.93. The van der Waals surface area contributed by atoms with Gasteiger partial charge in [-0.05, 0) is 24.3 Å². The number of anilines is 1. The van der Waals surface area contributed by atoms with E-state index in [0.717, 1.165) is 0 Å². The molecule has 1 aromatic carbocycles. The molecule has 0 aliphatic rings. The number of benzene rings is 1. The largest absolute Gasteiger partial charge is 0.409 e. The molecule has 0 saturated carbocycles. The average molecular weight is 183 g/mol. The molecule has 1 rings (SSSR count). The summed E-state index contributed by atoms with van der Waals surface area (Å²) < 4.78 is 12.4. The zero-order valence-corrected chi connectivity index (χ0v) is 6.87. The number of nitrogens with zero attached hydrogens (tertiary/aromatic N) is 1. The van der Waals surface area contributed by atoms with Gasteiger partial charge in [0.05, 0.1) is 6.54 Å². The van der Waals surface area contributed by atoms with E-state index in [1.807, 2.05) is 0 Å². The van der Waals surface area contributed by atoms with Gasteiger partial charge < -0.3 is 16.3 Å². The minimum Gasteiger partial charge on any atom is -0.409 e. The summed E-state index contributed by atoms with van der Waals surface area (Å²) in [5.74, 6) is -0.223. The van der Waals surface area contributed by atoms with Gasteiger partial charge in [-0.2, -0.15) is 0 Å². The molecule has 0 radical (unpaired) electrons. The molecule has 4 nitrogen and oxygen atoms in total. The third-order valence-electron chi connectivity index (χ3n) is 1.45. The molecule has 70 valence electrons. The molecule has 0 saturated heterocycles. The maximum atomic E-state index is 12.4. The van der Waals surface area contributed by atoms with Crippen LogP contribution in [0.4, 0.5) is 10.1 Å². The first-order valence-electron chi connectivity index (χ1n) is 3.68. The van der Waals surface area contributed by atoms with Crippen molar-refractivity contribution < 1.29 is 9.60 Å². The number of hydrogen-bond donors (Lipinski definition) is 3. The molecule has 0 unspecified atom stereocenters. The lowest BCUT2D eigenvalue weighted by atomic mass is 10.3. The van der Waals surface area contributed by atoms with Crippen LogP contribution < -0.4 is 11.1 Å². The summed E-state index contributed by atoms with van der Waals surface area (Å²) in [4.78, 5) is 0. The first-order chi connectivity index (χ1) is 6.22. The smallest absolute Gasteiger partial charge is 0.158 e. The predicted octanol–water partition coefficient (Wildman–Crippen LogP) is 0.984. The Morgan fingerprint density at radius 2 is 2.08 bits per heavy atom. The first kappa shape index (κ1) is 9.31. The lowest BCUT2D eigenvalue weighted by molar-refractivity contribution is 0.317. The van der Waals surface area contributed by atoms with Crippen LogP contribution in [-0.4, -0.2) is 17.6 Å². The third kappa shape index (κ3) is 2.98. The number of hydrogen-bond acceptors (Lipinski definition) is 3. The van der Waals surface area contributed by atoms with E-state index in [4.69, 9.17) is 10.9 Å². The second-order valence-electron chi connectivity index (χ2n) is 2.45. The highest BCUT2D eigenvalue weighted by Gasteiger charge is 1.94. The van der Waals surface area contributed by atoms with E-state index in [1.165, 1.54) is 12.1 Å². The minimum absolute atomic E-state index is 0.0734. The molecule has 13 heavy (non-hydrogen) atoms. The Morgan fingerprint density at radius 3 is 2.62 bits per heavy atom. The number of amidine groups is 1. The van der Waals surface area contributed by atoms with E-state index in [9.17, 15) is 4.39 Å². The summed E-state index contributed by atoms with van der Waals surface area (Å²) in [5, 5.41) is 13.8. The third-order valence-corrected chi connectivity index (χ3v) is 1.45. The standard InChI is InChI=1S/C8H10FN3O/c9-6-1-3-7(4-2-6)11-5-8(10)12-13/h1-4,11,13H,5H2,(H2,10,12). The number of nitrogens with two attached hydrogens (primary N) is 1. The Balaban J connectivity index is 2.51. The summed E-state index contributed by atoms with van der Waals surface area (Å²) >= 11 is 0. The van der Waals surface area contributed by atoms with E-state index < -0.39 is 0 Å². The molecule has 0 fully saturated rings. The van der Waals surface area contributed by atoms with Crippen molar-refractivity contribution in [2.75, 3.05) is 11.9 Å². The highest BCUT2D eigenvalue weighted by atomic mass is 19.1. The van der Waals surface area contributed by atoms with Gasteiger partial charge in [0.25, 0.3) is 0 Å². The zero-order chi connectivity index (χ0) is 9.68. The van der Waals surface area contributed by atoms with E-state index in [0.29, 0.717) is 5.69 Å². The zero-order valence-electron chi connectivity index (χ0n) is 6.87. The van der Waals surface area contributed by atoms with Crippen molar-refractivity contribution in [2.24, 2.45) is 10.9 Å². The van der Waals surface area contributed by atoms with Gasteiger partial charge in [0.2, 0.25) is 0 Å². The van der Waals surface area contributed by atoms with Gasteiger partial charge in [0.15, 0.2) is 5.84 Å². The van der Waals surface area contributed by atoms with Crippen molar-refractivity contribution in [1.29, 1.82) is 0 Å². The van der Waals surface area contributed by atoms with Crippen LogP contribution in [0.15, 0.2) is 29.4 Å². The summed E-state index contributed by atoms with van der Waals surface area (Å²) in [6.07, 6.45) is 0. The number of nitrogens with one attached hydrogen (secondary N) is 1. The van der Waals surface area contributed by atoms with E-state index >= 15 is 0 Å². The first-order valence-corrected chi connectivity index (χ1v) is 3.68. The molecule has 0 amide bonds. The van der Waals surface area contributed by atoms with E-state index in [1.54, 1.807) is 12.1 Å². The summed E-state index contributed by atoms with van der Waals surface area (Å²) in [7, 11) is 0. The number of rotatable bonds is 3. The van der Waals surface area contributed by atoms with Gasteiger partial charge in [-0.3, -0.25) is 0 Å². The van der Waals surface area contributed by atoms with Crippen LogP contribution in [0, 0.1) is 5.82 Å². The minimum atomic E-state index is -0.297. The number of oxime groups is 1. The highest BCUT2D eigenvalue weighted by Crippen LogP contribution is 2.07. The highest BCUT2D eigenvalue weighted by molar-refractivity contribution is 5.83. The van der Waals surface area contributed by atoms with Gasteiger partial charge in [-0.15, -0.1) is 0 Å². The Bertz CT molecular complexity index is 297. The van der Waals surface area contributed by atoms with Crippen molar-refractivity contribution >= 4 is 11.5 Å². The molecular weight excluding hydrogens is 173 g/mol. The van der Waals surface area contributed by atoms with Crippen molar-refractivity contribution in [3.05, 3.63) is 30.1 Å². The van der Waals surface area contributed by atoms with Crippen LogP contribution in [0.3, 0.4) is 0 Å². The van der Waals surface area contributed by atoms with Crippen LogP contribution in [0.2, 0.25) is 0 Å². The second-order valence-corrected chi connectivity index (χ2v) is 2.45. The van der Waals surface area contributed by atoms with Crippen molar-refractivity contribution in [3.63, 3.8) is 0 Å². The lowest BCUT2D eigenvalue weighted by Gasteiger charge is -2.03. The fraction of sp³-hybridized carbons (Fsp3) is 0.125. The molecule has 0 atom stereocenters. The fourth-order valence-corrected chi connectivity index (χ4v) is 0.796. The lowest BCUT2D eigenvalue weighted by Crippen LogP contribution is -2.22. The van der Waals surface area contributed by atoms with Crippen LogP contribution >= 0.6 is 0 Å². The maximum absolute atomic E-state index is 12.4. The summed E-state index contributed by atoms with van der Waals surface area (Å²) in [6, 6.07) is 5.79. The summed E-state index contributed by atoms with van der Waals surface area (Å²) in [6.45, 7) is 0.224. The Hall–Kier alpha value is -1.78. The van der Waals surface area contributed by atoms with E-state index in [2.05, 4.69) is 10.5 Å². The van der Waals surface area contributed by atoms with Crippen LogP contribution in [0.1, 0.15) is 0 Å². The molecule has 0 aliphatic heterocycles. The molecule has 4 N–H and O–H groups in total. The molecule has 0 bridgehead atoms. The van der Waals surface area contributed by atoms with Crippen molar-refractivity contribution in [1.82, 2.24) is 0 Å². The van der Waals surface area contributed by atoms with Gasteiger partial charge >= 0.3 is 0 Å². The quantitative estimate of drug-likeness (QED) is 0.283. The molecule has 1 aromatic rings.